The quantitative estimate of drug-likeness (QED) is 0.246. The van der Waals surface area contributed by atoms with Crippen LogP contribution in [0.1, 0.15) is 18.1 Å². The maximum Gasteiger partial charge on any atom is 0.266 e. The fourth-order valence-corrected chi connectivity index (χ4v) is 5.10. The predicted octanol–water partition coefficient (Wildman–Crippen LogP) is 7.19. The van der Waals surface area contributed by atoms with E-state index in [4.69, 9.17) is 14.5 Å². The van der Waals surface area contributed by atoms with Crippen molar-refractivity contribution in [2.24, 2.45) is 4.99 Å². The third-order valence-electron chi connectivity index (χ3n) is 6.02. The van der Waals surface area contributed by atoms with Gasteiger partial charge in [0, 0.05) is 12.1 Å². The van der Waals surface area contributed by atoms with Crippen LogP contribution < -0.4 is 9.47 Å². The summed E-state index contributed by atoms with van der Waals surface area (Å²) in [5, 5.41) is 2.64. The van der Waals surface area contributed by atoms with E-state index < -0.39 is 0 Å². The molecular weight excluding hydrogens is 487 g/mol. The molecule has 37 heavy (non-hydrogen) atoms. The molecule has 4 aromatic rings. The molecule has 0 unspecified atom stereocenters. The molecule has 1 saturated heterocycles. The fraction of sp³-hybridized carbons (Fsp3) is 0.133. The van der Waals surface area contributed by atoms with Crippen molar-refractivity contribution in [3.63, 3.8) is 0 Å². The lowest BCUT2D eigenvalue weighted by atomic mass is 10.0. The highest BCUT2D eigenvalue weighted by atomic mass is 32.2. The molecule has 0 spiro atoms. The molecule has 0 bridgehead atoms. The number of methoxy groups -OCH3 is 1. The van der Waals surface area contributed by atoms with Crippen molar-refractivity contribution in [3.05, 3.63) is 107 Å². The van der Waals surface area contributed by atoms with Gasteiger partial charge in [-0.05, 0) is 83.6 Å². The van der Waals surface area contributed by atoms with Gasteiger partial charge in [0.1, 0.15) is 23.9 Å². The highest BCUT2D eigenvalue weighted by Gasteiger charge is 2.32. The number of aliphatic imine (C=N–C) groups is 1. The van der Waals surface area contributed by atoms with E-state index in [9.17, 15) is 9.18 Å². The normalized spacial score (nSPS) is 15.6. The zero-order valence-corrected chi connectivity index (χ0v) is 21.3. The minimum Gasteiger partial charge on any atom is -0.497 e. The summed E-state index contributed by atoms with van der Waals surface area (Å²) >= 11 is 1.34. The molecule has 1 aliphatic heterocycles. The van der Waals surface area contributed by atoms with Crippen LogP contribution in [0.15, 0.2) is 94.8 Å². The number of nitrogens with zero attached hydrogens (tertiary/aromatic N) is 2. The summed E-state index contributed by atoms with van der Waals surface area (Å²) in [6.45, 7) is 2.71. The number of hydrogen-bond acceptors (Lipinski definition) is 5. The Balaban J connectivity index is 1.51. The van der Waals surface area contributed by atoms with Crippen molar-refractivity contribution in [1.82, 2.24) is 4.90 Å². The summed E-state index contributed by atoms with van der Waals surface area (Å²) < 4.78 is 24.7. The average Bonchev–Trinajstić information content (AvgIpc) is 3.22. The van der Waals surface area contributed by atoms with Crippen molar-refractivity contribution in [2.75, 3.05) is 13.7 Å². The molecule has 7 heteroatoms. The zero-order valence-electron chi connectivity index (χ0n) is 20.5. The first-order valence-corrected chi connectivity index (χ1v) is 12.7. The second-order valence-corrected chi connectivity index (χ2v) is 9.38. The van der Waals surface area contributed by atoms with Gasteiger partial charge in [0.05, 0.1) is 17.7 Å². The number of thioether (sulfide) groups is 1. The first-order chi connectivity index (χ1) is 18.1. The molecule has 0 N–H and O–H groups in total. The highest BCUT2D eigenvalue weighted by Crippen LogP contribution is 2.38. The Bertz CT molecular complexity index is 1500. The van der Waals surface area contributed by atoms with Crippen LogP contribution in [0.25, 0.3) is 16.8 Å². The van der Waals surface area contributed by atoms with E-state index in [2.05, 4.69) is 0 Å². The SMILES string of the molecule is CCN1C(=O)/C(=C\c2c(OCc3ccc(F)cc3)ccc3ccccc23)SC1=Nc1ccc(OC)cc1. The van der Waals surface area contributed by atoms with Gasteiger partial charge < -0.3 is 9.47 Å². The summed E-state index contributed by atoms with van der Waals surface area (Å²) in [6, 6.07) is 25.5. The molecule has 5 rings (SSSR count). The minimum atomic E-state index is -0.288. The number of carbonyl (C=O) groups is 1. The van der Waals surface area contributed by atoms with E-state index in [1.807, 2.05) is 73.7 Å². The number of amidine groups is 1. The zero-order chi connectivity index (χ0) is 25.8. The lowest BCUT2D eigenvalue weighted by molar-refractivity contribution is -0.122. The molecular formula is C30H25FN2O3S. The molecule has 186 valence electrons. The van der Waals surface area contributed by atoms with Gasteiger partial charge in [-0.25, -0.2) is 9.38 Å². The van der Waals surface area contributed by atoms with E-state index in [0.717, 1.165) is 33.3 Å². The summed E-state index contributed by atoms with van der Waals surface area (Å²) in [6.07, 6.45) is 1.88. The van der Waals surface area contributed by atoms with Gasteiger partial charge in [-0.2, -0.15) is 0 Å². The minimum absolute atomic E-state index is 0.0998. The van der Waals surface area contributed by atoms with Gasteiger partial charge in [0.2, 0.25) is 0 Å². The van der Waals surface area contributed by atoms with E-state index in [1.54, 1.807) is 24.1 Å². The summed E-state index contributed by atoms with van der Waals surface area (Å²) in [5.74, 6) is 1.00. The van der Waals surface area contributed by atoms with Crippen LogP contribution in [0.5, 0.6) is 11.5 Å². The van der Waals surface area contributed by atoms with Crippen LogP contribution in [0.3, 0.4) is 0 Å². The van der Waals surface area contributed by atoms with Gasteiger partial charge in [0.25, 0.3) is 5.91 Å². The van der Waals surface area contributed by atoms with Gasteiger partial charge in [-0.3, -0.25) is 9.69 Å². The van der Waals surface area contributed by atoms with Crippen molar-refractivity contribution in [2.45, 2.75) is 13.5 Å². The molecule has 0 atom stereocenters. The molecule has 0 aliphatic carbocycles. The van der Waals surface area contributed by atoms with Crippen LogP contribution in [-0.2, 0) is 11.4 Å². The smallest absolute Gasteiger partial charge is 0.266 e. The number of halogens is 1. The molecule has 1 aliphatic rings. The van der Waals surface area contributed by atoms with E-state index in [-0.39, 0.29) is 18.3 Å². The maximum atomic E-state index is 13.4. The standard InChI is InChI=1S/C30H25FN2O3S/c1-3-33-29(34)28(37-30(33)32-23-13-15-24(35-2)16-14-23)18-26-25-7-5-4-6-21(25)10-17-27(26)36-19-20-8-11-22(31)12-9-20/h4-18H,3,19H2,1-2H3/b28-18+,32-30?. The Hall–Kier alpha value is -4.10. The van der Waals surface area contributed by atoms with Gasteiger partial charge in [0.15, 0.2) is 5.17 Å². The van der Waals surface area contributed by atoms with Crippen molar-refractivity contribution in [3.8, 4) is 11.5 Å². The number of hydrogen-bond donors (Lipinski definition) is 0. The lowest BCUT2D eigenvalue weighted by Gasteiger charge is -2.13. The number of carbonyl (C=O) groups excluding carboxylic acids is 1. The van der Waals surface area contributed by atoms with Crippen LogP contribution in [0, 0.1) is 5.82 Å². The summed E-state index contributed by atoms with van der Waals surface area (Å²) in [5.41, 5.74) is 2.41. The van der Waals surface area contributed by atoms with Gasteiger partial charge >= 0.3 is 0 Å². The van der Waals surface area contributed by atoms with Crippen molar-refractivity contribution >= 4 is 45.4 Å². The fourth-order valence-electron chi connectivity index (χ4n) is 4.06. The third-order valence-corrected chi connectivity index (χ3v) is 7.02. The van der Waals surface area contributed by atoms with Gasteiger partial charge in [-0.1, -0.05) is 42.5 Å². The molecule has 0 aromatic heterocycles. The Labute approximate surface area is 219 Å². The molecule has 5 nitrogen and oxygen atoms in total. The van der Waals surface area contributed by atoms with Crippen molar-refractivity contribution in [1.29, 1.82) is 0 Å². The monoisotopic (exact) mass is 512 g/mol. The summed E-state index contributed by atoms with van der Waals surface area (Å²) in [7, 11) is 1.62. The van der Waals surface area contributed by atoms with Crippen LogP contribution in [-0.4, -0.2) is 29.6 Å². The largest absolute Gasteiger partial charge is 0.497 e. The summed E-state index contributed by atoms with van der Waals surface area (Å²) in [4.78, 5) is 20.3. The Morgan fingerprint density at radius 3 is 2.46 bits per heavy atom. The molecule has 4 aromatic carbocycles. The van der Waals surface area contributed by atoms with E-state index in [0.29, 0.717) is 22.4 Å². The topological polar surface area (TPSA) is 51.1 Å². The van der Waals surface area contributed by atoms with E-state index >= 15 is 0 Å². The Morgan fingerprint density at radius 2 is 1.73 bits per heavy atom. The second kappa shape index (κ2) is 10.9. The number of likely N-dealkylation sites (N-methyl/N-ethyl adjacent to an activating group) is 1. The molecule has 0 saturated carbocycles. The number of amides is 1. The first-order valence-electron chi connectivity index (χ1n) is 11.9. The molecule has 0 radical (unpaired) electrons. The average molecular weight is 513 g/mol. The second-order valence-electron chi connectivity index (χ2n) is 8.37. The third kappa shape index (κ3) is 5.37. The number of rotatable bonds is 7. The first kappa shape index (κ1) is 24.6. The number of benzene rings is 4. The van der Waals surface area contributed by atoms with Crippen LogP contribution >= 0.6 is 11.8 Å². The Morgan fingerprint density at radius 1 is 0.973 bits per heavy atom. The molecule has 1 fully saturated rings. The van der Waals surface area contributed by atoms with Gasteiger partial charge in [-0.15, -0.1) is 0 Å². The molecule has 1 heterocycles. The predicted molar refractivity (Wildman–Crippen MR) is 148 cm³/mol. The molecule has 1 amide bonds. The van der Waals surface area contributed by atoms with Crippen molar-refractivity contribution < 1.29 is 18.7 Å². The number of fused-ring (bicyclic) bond motifs is 1. The highest BCUT2D eigenvalue weighted by molar-refractivity contribution is 8.18. The van der Waals surface area contributed by atoms with E-state index in [1.165, 1.54) is 23.9 Å². The van der Waals surface area contributed by atoms with Crippen LogP contribution in [0.4, 0.5) is 10.1 Å². The maximum absolute atomic E-state index is 13.4. The van der Waals surface area contributed by atoms with Crippen LogP contribution in [0.2, 0.25) is 0 Å². The lowest BCUT2D eigenvalue weighted by Crippen LogP contribution is -2.28. The Kier molecular flexibility index (Phi) is 7.23. The number of ether oxygens (including phenoxy) is 2.